The molecule has 4 nitrogen and oxygen atoms in total. The number of aryl methyl sites for hydroxylation is 1. The number of carbonyl (C=O) groups excluding carboxylic acids is 1. The Bertz CT molecular complexity index is 1010. The van der Waals surface area contributed by atoms with E-state index in [9.17, 15) is 4.79 Å². The number of aromatic nitrogens is 1. The summed E-state index contributed by atoms with van der Waals surface area (Å²) in [5, 5.41) is 4.40. The highest BCUT2D eigenvalue weighted by Gasteiger charge is 2.11. The maximum absolute atomic E-state index is 12.2. The first kappa shape index (κ1) is 18.9. The van der Waals surface area contributed by atoms with Crippen molar-refractivity contribution in [3.05, 3.63) is 70.4 Å². The van der Waals surface area contributed by atoms with Crippen LogP contribution in [0.2, 0.25) is 5.02 Å². The van der Waals surface area contributed by atoms with Crippen molar-refractivity contribution in [3.63, 3.8) is 0 Å². The van der Waals surface area contributed by atoms with Gasteiger partial charge >= 0.3 is 0 Å². The molecule has 0 atom stereocenters. The molecular weight excluding hydrogens is 358 g/mol. The van der Waals surface area contributed by atoms with Gasteiger partial charge in [0.15, 0.2) is 0 Å². The SMILES string of the molecule is CCc1nc2ccc(NC(=O)/C=C/c3ccc(Cl)cc3)cc2c(N)c1CC. The summed E-state index contributed by atoms with van der Waals surface area (Å²) >= 11 is 5.86. The lowest BCUT2D eigenvalue weighted by molar-refractivity contribution is -0.111. The highest BCUT2D eigenvalue weighted by atomic mass is 35.5. The number of nitrogen functional groups attached to an aromatic ring is 1. The molecule has 0 radical (unpaired) electrons. The van der Waals surface area contributed by atoms with Crippen LogP contribution >= 0.6 is 11.6 Å². The summed E-state index contributed by atoms with van der Waals surface area (Å²) in [5.41, 5.74) is 11.7. The standard InChI is InChI=1S/C22H22ClN3O/c1-3-17-19(4-2)26-20-11-10-16(13-18(20)22(17)24)25-21(27)12-7-14-5-8-15(23)9-6-14/h5-13H,3-4H2,1-2H3,(H2,24,26)(H,25,27)/b12-7+. The predicted octanol–water partition coefficient (Wildman–Crippen LogP) is 5.25. The largest absolute Gasteiger partial charge is 0.398 e. The Labute approximate surface area is 164 Å². The third-order valence-corrected chi connectivity index (χ3v) is 4.72. The Morgan fingerprint density at radius 3 is 2.56 bits per heavy atom. The van der Waals surface area contributed by atoms with E-state index in [0.717, 1.165) is 46.3 Å². The van der Waals surface area contributed by atoms with Gasteiger partial charge < -0.3 is 11.1 Å². The predicted molar refractivity (Wildman–Crippen MR) is 114 cm³/mol. The van der Waals surface area contributed by atoms with Crippen LogP contribution in [-0.2, 0) is 17.6 Å². The summed E-state index contributed by atoms with van der Waals surface area (Å²) in [6, 6.07) is 12.9. The number of fused-ring (bicyclic) bond motifs is 1. The van der Waals surface area contributed by atoms with Crippen LogP contribution in [0.15, 0.2) is 48.5 Å². The average molecular weight is 380 g/mol. The van der Waals surface area contributed by atoms with Crippen molar-refractivity contribution in [2.45, 2.75) is 26.7 Å². The number of pyridine rings is 1. The monoisotopic (exact) mass is 379 g/mol. The number of hydrogen-bond donors (Lipinski definition) is 2. The molecular formula is C22H22ClN3O. The second kappa shape index (κ2) is 8.23. The van der Waals surface area contributed by atoms with Gasteiger partial charge in [-0.2, -0.15) is 0 Å². The zero-order valence-electron chi connectivity index (χ0n) is 15.4. The number of hydrogen-bond acceptors (Lipinski definition) is 3. The number of halogens is 1. The topological polar surface area (TPSA) is 68.0 Å². The van der Waals surface area contributed by atoms with Crippen LogP contribution in [0.4, 0.5) is 11.4 Å². The van der Waals surface area contributed by atoms with Crippen LogP contribution in [0.1, 0.15) is 30.7 Å². The Hall–Kier alpha value is -2.85. The molecule has 3 N–H and O–H groups in total. The minimum absolute atomic E-state index is 0.211. The number of amides is 1. The summed E-state index contributed by atoms with van der Waals surface area (Å²) in [6.45, 7) is 4.15. The first-order valence-corrected chi connectivity index (χ1v) is 9.35. The number of benzene rings is 2. The molecule has 5 heteroatoms. The van der Waals surface area contributed by atoms with Gasteiger partial charge in [-0.15, -0.1) is 0 Å². The van der Waals surface area contributed by atoms with Gasteiger partial charge in [0, 0.05) is 33.6 Å². The fourth-order valence-corrected chi connectivity index (χ4v) is 3.20. The van der Waals surface area contributed by atoms with E-state index in [4.69, 9.17) is 22.3 Å². The number of nitrogens with two attached hydrogens (primary N) is 1. The molecule has 0 aliphatic heterocycles. The molecule has 27 heavy (non-hydrogen) atoms. The molecule has 1 heterocycles. The van der Waals surface area contributed by atoms with Gasteiger partial charge in [-0.1, -0.05) is 37.6 Å². The maximum atomic E-state index is 12.2. The smallest absolute Gasteiger partial charge is 0.248 e. The van der Waals surface area contributed by atoms with Crippen molar-refractivity contribution in [1.82, 2.24) is 4.98 Å². The quantitative estimate of drug-likeness (QED) is 0.595. The third kappa shape index (κ3) is 4.29. The molecule has 0 fully saturated rings. The molecule has 0 spiro atoms. The number of carbonyl (C=O) groups is 1. The van der Waals surface area contributed by atoms with Gasteiger partial charge in [-0.3, -0.25) is 9.78 Å². The van der Waals surface area contributed by atoms with Crippen molar-refractivity contribution in [2.24, 2.45) is 0 Å². The first-order valence-electron chi connectivity index (χ1n) is 8.97. The number of nitrogens with one attached hydrogen (secondary N) is 1. The van der Waals surface area contributed by atoms with Gasteiger partial charge in [-0.25, -0.2) is 0 Å². The van der Waals surface area contributed by atoms with Gasteiger partial charge in [0.1, 0.15) is 0 Å². The fraction of sp³-hybridized carbons (Fsp3) is 0.182. The van der Waals surface area contributed by atoms with Crippen LogP contribution < -0.4 is 11.1 Å². The van der Waals surface area contributed by atoms with E-state index < -0.39 is 0 Å². The molecule has 0 aliphatic carbocycles. The molecule has 0 saturated carbocycles. The molecule has 1 amide bonds. The minimum atomic E-state index is -0.211. The second-order valence-corrected chi connectivity index (χ2v) is 6.70. The molecule has 3 rings (SSSR count). The number of anilines is 2. The molecule has 0 aliphatic rings. The lowest BCUT2D eigenvalue weighted by atomic mass is 10.0. The van der Waals surface area contributed by atoms with E-state index in [1.165, 1.54) is 6.08 Å². The highest BCUT2D eigenvalue weighted by molar-refractivity contribution is 6.30. The Kier molecular flexibility index (Phi) is 5.77. The Morgan fingerprint density at radius 1 is 1.15 bits per heavy atom. The molecule has 2 aromatic carbocycles. The molecule has 1 aromatic heterocycles. The van der Waals surface area contributed by atoms with Crippen LogP contribution in [0.5, 0.6) is 0 Å². The summed E-state index contributed by atoms with van der Waals surface area (Å²) in [7, 11) is 0. The van der Waals surface area contributed by atoms with Crippen LogP contribution in [0.25, 0.3) is 17.0 Å². The van der Waals surface area contributed by atoms with Gasteiger partial charge in [0.2, 0.25) is 5.91 Å². The summed E-state index contributed by atoms with van der Waals surface area (Å²) < 4.78 is 0. The van der Waals surface area contributed by atoms with Crippen molar-refractivity contribution in [1.29, 1.82) is 0 Å². The van der Waals surface area contributed by atoms with Crippen molar-refractivity contribution < 1.29 is 4.79 Å². The van der Waals surface area contributed by atoms with E-state index >= 15 is 0 Å². The Balaban J connectivity index is 1.83. The molecule has 138 valence electrons. The number of rotatable bonds is 5. The van der Waals surface area contributed by atoms with E-state index in [0.29, 0.717) is 10.7 Å². The molecule has 3 aromatic rings. The highest BCUT2D eigenvalue weighted by Crippen LogP contribution is 2.29. The first-order chi connectivity index (χ1) is 13.0. The zero-order chi connectivity index (χ0) is 19.4. The molecule has 0 saturated heterocycles. The summed E-state index contributed by atoms with van der Waals surface area (Å²) in [4.78, 5) is 16.9. The van der Waals surface area contributed by atoms with Crippen molar-refractivity contribution in [3.8, 4) is 0 Å². The maximum Gasteiger partial charge on any atom is 0.248 e. The molecule has 0 bridgehead atoms. The van der Waals surface area contributed by atoms with Crippen molar-refractivity contribution >= 4 is 45.9 Å². The second-order valence-electron chi connectivity index (χ2n) is 6.26. The van der Waals surface area contributed by atoms with Gasteiger partial charge in [0.05, 0.1) is 5.52 Å². The Morgan fingerprint density at radius 2 is 1.89 bits per heavy atom. The van der Waals surface area contributed by atoms with E-state index in [-0.39, 0.29) is 5.91 Å². The summed E-state index contributed by atoms with van der Waals surface area (Å²) in [6.07, 6.45) is 4.91. The third-order valence-electron chi connectivity index (χ3n) is 4.47. The van der Waals surface area contributed by atoms with Crippen LogP contribution in [0.3, 0.4) is 0 Å². The van der Waals surface area contributed by atoms with Crippen LogP contribution in [-0.4, -0.2) is 10.9 Å². The van der Waals surface area contributed by atoms with E-state index in [1.807, 2.05) is 30.3 Å². The zero-order valence-corrected chi connectivity index (χ0v) is 16.2. The lowest BCUT2D eigenvalue weighted by Crippen LogP contribution is -2.08. The van der Waals surface area contributed by atoms with Gasteiger partial charge in [0.25, 0.3) is 0 Å². The van der Waals surface area contributed by atoms with E-state index in [1.54, 1.807) is 18.2 Å². The number of nitrogens with zero attached hydrogens (tertiary/aromatic N) is 1. The summed E-state index contributed by atoms with van der Waals surface area (Å²) in [5.74, 6) is -0.211. The van der Waals surface area contributed by atoms with E-state index in [2.05, 4.69) is 19.2 Å². The molecule has 0 unspecified atom stereocenters. The van der Waals surface area contributed by atoms with Gasteiger partial charge in [-0.05, 0) is 60.4 Å². The minimum Gasteiger partial charge on any atom is -0.398 e. The normalized spacial score (nSPS) is 11.2. The van der Waals surface area contributed by atoms with Crippen molar-refractivity contribution in [2.75, 3.05) is 11.1 Å². The fourth-order valence-electron chi connectivity index (χ4n) is 3.07. The van der Waals surface area contributed by atoms with Crippen LogP contribution in [0, 0.1) is 0 Å². The average Bonchev–Trinajstić information content (AvgIpc) is 2.67. The lowest BCUT2D eigenvalue weighted by Gasteiger charge is -2.13.